The van der Waals surface area contributed by atoms with E-state index in [0.29, 0.717) is 0 Å². The molecule has 0 fully saturated rings. The van der Waals surface area contributed by atoms with Crippen LogP contribution in [0, 0.1) is 0 Å². The summed E-state index contributed by atoms with van der Waals surface area (Å²) in [6.45, 7) is 0.746. The Labute approximate surface area is 125 Å². The molecule has 2 aromatic rings. The molecule has 0 aliphatic carbocycles. The Morgan fingerprint density at radius 2 is 1.71 bits per heavy atom. The van der Waals surface area contributed by atoms with E-state index in [0.717, 1.165) is 37.1 Å². The summed E-state index contributed by atoms with van der Waals surface area (Å²) < 4.78 is 0. The number of aryl methyl sites for hydroxylation is 1. The number of rotatable bonds is 2. The predicted octanol–water partition coefficient (Wildman–Crippen LogP) is 3.06. The van der Waals surface area contributed by atoms with Crippen LogP contribution in [0.15, 0.2) is 54.6 Å². The lowest BCUT2D eigenvalue weighted by Gasteiger charge is -2.26. The Kier molecular flexibility index (Phi) is 4.02. The van der Waals surface area contributed by atoms with Gasteiger partial charge >= 0.3 is 0 Å². The average molecular weight is 280 g/mol. The molecule has 0 bridgehead atoms. The SMILES string of the molecule is NC(C(=O)N1CCCCc2ccccc21)c1ccccc1. The normalized spacial score (nSPS) is 16.0. The summed E-state index contributed by atoms with van der Waals surface area (Å²) in [5, 5.41) is 0. The Bertz CT molecular complexity index is 624. The largest absolute Gasteiger partial charge is 0.316 e. The fraction of sp³-hybridized carbons (Fsp3) is 0.278. The van der Waals surface area contributed by atoms with Crippen molar-refractivity contribution in [1.82, 2.24) is 0 Å². The summed E-state index contributed by atoms with van der Waals surface area (Å²) in [6, 6.07) is 17.1. The molecule has 108 valence electrons. The van der Waals surface area contributed by atoms with E-state index in [1.54, 1.807) is 0 Å². The minimum atomic E-state index is -0.600. The lowest BCUT2D eigenvalue weighted by molar-refractivity contribution is -0.120. The van der Waals surface area contributed by atoms with Crippen LogP contribution >= 0.6 is 0 Å². The summed E-state index contributed by atoms with van der Waals surface area (Å²) in [6.07, 6.45) is 3.16. The molecule has 2 N–H and O–H groups in total. The third-order valence-corrected chi connectivity index (χ3v) is 4.05. The van der Waals surface area contributed by atoms with Crippen molar-refractivity contribution < 1.29 is 4.79 Å². The first kappa shape index (κ1) is 13.8. The highest BCUT2D eigenvalue weighted by Gasteiger charge is 2.26. The highest BCUT2D eigenvalue weighted by Crippen LogP contribution is 2.28. The van der Waals surface area contributed by atoms with Crippen LogP contribution in [0.4, 0.5) is 5.69 Å². The molecule has 2 aromatic carbocycles. The zero-order valence-corrected chi connectivity index (χ0v) is 12.0. The molecule has 0 saturated heterocycles. The van der Waals surface area contributed by atoms with Gasteiger partial charge in [-0.2, -0.15) is 0 Å². The van der Waals surface area contributed by atoms with Crippen molar-refractivity contribution in [3.05, 3.63) is 65.7 Å². The summed E-state index contributed by atoms with van der Waals surface area (Å²) in [5.41, 5.74) is 9.31. The molecule has 1 aliphatic heterocycles. The number of nitrogens with zero attached hydrogens (tertiary/aromatic N) is 1. The van der Waals surface area contributed by atoms with Crippen LogP contribution in [0.25, 0.3) is 0 Å². The van der Waals surface area contributed by atoms with Gasteiger partial charge in [0.2, 0.25) is 5.91 Å². The van der Waals surface area contributed by atoms with Crippen molar-refractivity contribution in [2.45, 2.75) is 25.3 Å². The number of fused-ring (bicyclic) bond motifs is 1. The number of nitrogens with two attached hydrogens (primary N) is 1. The van der Waals surface area contributed by atoms with E-state index in [4.69, 9.17) is 5.73 Å². The van der Waals surface area contributed by atoms with Gasteiger partial charge in [0.05, 0.1) is 0 Å². The highest BCUT2D eigenvalue weighted by molar-refractivity contribution is 5.98. The molecule has 1 atom stereocenters. The van der Waals surface area contributed by atoms with Crippen LogP contribution in [0.2, 0.25) is 0 Å². The van der Waals surface area contributed by atoms with Gasteiger partial charge in [0.25, 0.3) is 0 Å². The van der Waals surface area contributed by atoms with Crippen molar-refractivity contribution in [3.8, 4) is 0 Å². The maximum atomic E-state index is 12.8. The molecule has 1 unspecified atom stereocenters. The van der Waals surface area contributed by atoms with E-state index in [1.807, 2.05) is 53.4 Å². The Morgan fingerprint density at radius 1 is 1.00 bits per heavy atom. The maximum absolute atomic E-state index is 12.8. The third kappa shape index (κ3) is 2.83. The lowest BCUT2D eigenvalue weighted by atomic mass is 10.1. The smallest absolute Gasteiger partial charge is 0.248 e. The van der Waals surface area contributed by atoms with Crippen molar-refractivity contribution in [1.29, 1.82) is 0 Å². The van der Waals surface area contributed by atoms with Crippen molar-refractivity contribution in [2.75, 3.05) is 11.4 Å². The summed E-state index contributed by atoms with van der Waals surface area (Å²) in [5.74, 6) is -0.0180. The van der Waals surface area contributed by atoms with Gasteiger partial charge in [-0.05, 0) is 36.5 Å². The zero-order chi connectivity index (χ0) is 14.7. The molecule has 1 aliphatic rings. The molecule has 3 rings (SSSR count). The van der Waals surface area contributed by atoms with Crippen LogP contribution in [-0.2, 0) is 11.2 Å². The predicted molar refractivity (Wildman–Crippen MR) is 85.1 cm³/mol. The van der Waals surface area contributed by atoms with Crippen molar-refractivity contribution >= 4 is 11.6 Å². The average Bonchev–Trinajstić information content (AvgIpc) is 2.77. The van der Waals surface area contributed by atoms with Crippen LogP contribution in [0.1, 0.15) is 30.0 Å². The standard InChI is InChI=1S/C18H20N2O/c19-17(15-10-2-1-3-11-15)18(21)20-13-7-6-9-14-8-4-5-12-16(14)20/h1-5,8,10-12,17H,6-7,9,13,19H2. The molecule has 3 heteroatoms. The number of anilines is 1. The van der Waals surface area contributed by atoms with Gasteiger partial charge in [0, 0.05) is 12.2 Å². The minimum Gasteiger partial charge on any atom is -0.316 e. The molecular formula is C18H20N2O. The first-order valence-corrected chi connectivity index (χ1v) is 7.47. The molecular weight excluding hydrogens is 260 g/mol. The van der Waals surface area contributed by atoms with Gasteiger partial charge in [0.15, 0.2) is 0 Å². The number of carbonyl (C=O) groups is 1. The zero-order valence-electron chi connectivity index (χ0n) is 12.0. The number of hydrogen-bond donors (Lipinski definition) is 1. The minimum absolute atomic E-state index is 0.0180. The van der Waals surface area contributed by atoms with E-state index in [9.17, 15) is 4.79 Å². The van der Waals surface area contributed by atoms with Gasteiger partial charge in [-0.1, -0.05) is 48.5 Å². The van der Waals surface area contributed by atoms with E-state index >= 15 is 0 Å². The maximum Gasteiger partial charge on any atom is 0.248 e. The van der Waals surface area contributed by atoms with Crippen molar-refractivity contribution in [2.24, 2.45) is 5.73 Å². The summed E-state index contributed by atoms with van der Waals surface area (Å²) in [7, 11) is 0. The third-order valence-electron chi connectivity index (χ3n) is 4.05. The van der Waals surface area contributed by atoms with Gasteiger partial charge in [0.1, 0.15) is 6.04 Å². The number of carbonyl (C=O) groups excluding carboxylic acids is 1. The quantitative estimate of drug-likeness (QED) is 0.919. The van der Waals surface area contributed by atoms with Gasteiger partial charge in [-0.15, -0.1) is 0 Å². The molecule has 3 nitrogen and oxygen atoms in total. The van der Waals surface area contributed by atoms with Crippen LogP contribution in [0.5, 0.6) is 0 Å². The van der Waals surface area contributed by atoms with E-state index in [1.165, 1.54) is 5.56 Å². The number of benzene rings is 2. The molecule has 1 heterocycles. The highest BCUT2D eigenvalue weighted by atomic mass is 16.2. The van der Waals surface area contributed by atoms with Crippen LogP contribution in [0.3, 0.4) is 0 Å². The summed E-state index contributed by atoms with van der Waals surface area (Å²) >= 11 is 0. The molecule has 0 aromatic heterocycles. The number of hydrogen-bond acceptors (Lipinski definition) is 2. The molecule has 0 spiro atoms. The van der Waals surface area contributed by atoms with E-state index in [2.05, 4.69) is 6.07 Å². The van der Waals surface area contributed by atoms with Gasteiger partial charge in [-0.3, -0.25) is 4.79 Å². The fourth-order valence-corrected chi connectivity index (χ4v) is 2.89. The van der Waals surface area contributed by atoms with E-state index in [-0.39, 0.29) is 5.91 Å². The van der Waals surface area contributed by atoms with Crippen molar-refractivity contribution in [3.63, 3.8) is 0 Å². The second-order valence-electron chi connectivity index (χ2n) is 5.46. The molecule has 1 amide bonds. The van der Waals surface area contributed by atoms with Gasteiger partial charge in [-0.25, -0.2) is 0 Å². The molecule has 0 saturated carbocycles. The first-order valence-electron chi connectivity index (χ1n) is 7.47. The number of para-hydroxylation sites is 1. The first-order chi connectivity index (χ1) is 10.3. The number of amides is 1. The second-order valence-corrected chi connectivity index (χ2v) is 5.46. The Hall–Kier alpha value is -2.13. The second kappa shape index (κ2) is 6.10. The summed E-state index contributed by atoms with van der Waals surface area (Å²) in [4.78, 5) is 14.7. The van der Waals surface area contributed by atoms with E-state index < -0.39 is 6.04 Å². The molecule has 0 radical (unpaired) electrons. The fourth-order valence-electron chi connectivity index (χ4n) is 2.89. The Morgan fingerprint density at radius 3 is 2.52 bits per heavy atom. The monoisotopic (exact) mass is 280 g/mol. The lowest BCUT2D eigenvalue weighted by Crippen LogP contribution is -2.39. The topological polar surface area (TPSA) is 46.3 Å². The van der Waals surface area contributed by atoms with Crippen LogP contribution in [-0.4, -0.2) is 12.5 Å². The van der Waals surface area contributed by atoms with Gasteiger partial charge < -0.3 is 10.6 Å². The molecule has 21 heavy (non-hydrogen) atoms. The van der Waals surface area contributed by atoms with Crippen LogP contribution < -0.4 is 10.6 Å². The Balaban J connectivity index is 1.91.